The second-order valence-electron chi connectivity index (χ2n) is 8.06. The monoisotopic (exact) mass is 446 g/mol. The highest BCUT2D eigenvalue weighted by Gasteiger charge is 2.18. The summed E-state index contributed by atoms with van der Waals surface area (Å²) in [5.41, 5.74) is 3.66. The molecule has 170 valence electrons. The van der Waals surface area contributed by atoms with Crippen LogP contribution in [0.3, 0.4) is 0 Å². The van der Waals surface area contributed by atoms with Gasteiger partial charge in [0.15, 0.2) is 0 Å². The van der Waals surface area contributed by atoms with Gasteiger partial charge < -0.3 is 14.7 Å². The minimum Gasteiger partial charge on any atom is -0.508 e. The van der Waals surface area contributed by atoms with Crippen molar-refractivity contribution in [2.75, 3.05) is 37.7 Å². The van der Waals surface area contributed by atoms with Crippen LogP contribution >= 0.6 is 0 Å². The molecular formula is C27H27FN2O3. The summed E-state index contributed by atoms with van der Waals surface area (Å²) in [6.45, 7) is 7.84. The van der Waals surface area contributed by atoms with E-state index in [1.807, 2.05) is 18.2 Å². The molecule has 0 aromatic heterocycles. The molecule has 0 atom stereocenters. The number of hydrogen-bond acceptors (Lipinski definition) is 5. The van der Waals surface area contributed by atoms with Crippen molar-refractivity contribution in [1.29, 1.82) is 0 Å². The van der Waals surface area contributed by atoms with Gasteiger partial charge in [-0.05, 0) is 53.6 Å². The van der Waals surface area contributed by atoms with Crippen LogP contribution in [0.25, 0.3) is 11.1 Å². The van der Waals surface area contributed by atoms with Crippen LogP contribution in [0.1, 0.15) is 15.9 Å². The van der Waals surface area contributed by atoms with E-state index >= 15 is 0 Å². The molecular weight excluding hydrogens is 419 g/mol. The van der Waals surface area contributed by atoms with Crippen LogP contribution in [-0.4, -0.2) is 48.8 Å². The van der Waals surface area contributed by atoms with Gasteiger partial charge in [-0.25, -0.2) is 9.18 Å². The van der Waals surface area contributed by atoms with Gasteiger partial charge in [0, 0.05) is 44.0 Å². The number of piperazine rings is 1. The quantitative estimate of drug-likeness (QED) is 0.415. The SMILES string of the molecule is C=CCOC(=O)c1ccc(N2CCN(Cc3ccc(-c4cccc(O)c4)c(F)c3)CC2)cc1. The summed E-state index contributed by atoms with van der Waals surface area (Å²) in [6, 6.07) is 19.4. The smallest absolute Gasteiger partial charge is 0.338 e. The molecule has 3 aromatic rings. The highest BCUT2D eigenvalue weighted by molar-refractivity contribution is 5.89. The molecule has 1 aliphatic heterocycles. The van der Waals surface area contributed by atoms with Crippen molar-refractivity contribution in [2.24, 2.45) is 0 Å². The maximum absolute atomic E-state index is 14.7. The van der Waals surface area contributed by atoms with Crippen LogP contribution in [-0.2, 0) is 11.3 Å². The van der Waals surface area contributed by atoms with Gasteiger partial charge in [0.1, 0.15) is 18.2 Å². The predicted octanol–water partition coefficient (Wildman–Crippen LogP) is 4.86. The number of ether oxygens (including phenoxy) is 1. The molecule has 1 N–H and O–H groups in total. The first-order valence-corrected chi connectivity index (χ1v) is 11.0. The number of halogens is 1. The van der Waals surface area contributed by atoms with Crippen LogP contribution in [0.4, 0.5) is 10.1 Å². The van der Waals surface area contributed by atoms with Gasteiger partial charge in [-0.15, -0.1) is 0 Å². The summed E-state index contributed by atoms with van der Waals surface area (Å²) in [5.74, 6) is -0.520. The summed E-state index contributed by atoms with van der Waals surface area (Å²) in [4.78, 5) is 16.5. The number of phenolic OH excluding ortho intramolecular Hbond substituents is 1. The Labute approximate surface area is 193 Å². The number of carbonyl (C=O) groups excluding carboxylic acids is 1. The maximum atomic E-state index is 14.7. The van der Waals surface area contributed by atoms with Crippen molar-refractivity contribution in [3.8, 4) is 16.9 Å². The first kappa shape index (κ1) is 22.6. The average Bonchev–Trinajstić information content (AvgIpc) is 2.83. The molecule has 1 heterocycles. The third-order valence-corrected chi connectivity index (χ3v) is 5.77. The molecule has 4 rings (SSSR count). The molecule has 0 radical (unpaired) electrons. The van der Waals surface area contributed by atoms with Gasteiger partial charge in [0.05, 0.1) is 5.56 Å². The zero-order valence-electron chi connectivity index (χ0n) is 18.4. The lowest BCUT2D eigenvalue weighted by Crippen LogP contribution is -2.46. The third-order valence-electron chi connectivity index (χ3n) is 5.77. The molecule has 0 saturated carbocycles. The fourth-order valence-electron chi connectivity index (χ4n) is 4.01. The Morgan fingerprint density at radius 1 is 1.03 bits per heavy atom. The Morgan fingerprint density at radius 2 is 1.79 bits per heavy atom. The average molecular weight is 447 g/mol. The minimum absolute atomic E-state index is 0.121. The van der Waals surface area contributed by atoms with E-state index in [9.17, 15) is 14.3 Å². The zero-order valence-corrected chi connectivity index (χ0v) is 18.4. The summed E-state index contributed by atoms with van der Waals surface area (Å²) < 4.78 is 19.8. The third kappa shape index (κ3) is 5.59. The molecule has 0 bridgehead atoms. The molecule has 6 heteroatoms. The van der Waals surface area contributed by atoms with E-state index in [2.05, 4.69) is 16.4 Å². The Morgan fingerprint density at radius 3 is 2.45 bits per heavy atom. The van der Waals surface area contributed by atoms with E-state index in [4.69, 9.17) is 4.74 Å². The van der Waals surface area contributed by atoms with Crippen LogP contribution < -0.4 is 4.90 Å². The van der Waals surface area contributed by atoms with E-state index in [0.29, 0.717) is 23.2 Å². The van der Waals surface area contributed by atoms with Crippen LogP contribution in [0.2, 0.25) is 0 Å². The van der Waals surface area contributed by atoms with E-state index in [1.165, 1.54) is 0 Å². The molecule has 3 aromatic carbocycles. The zero-order chi connectivity index (χ0) is 23.2. The van der Waals surface area contributed by atoms with E-state index < -0.39 is 0 Å². The molecule has 33 heavy (non-hydrogen) atoms. The second kappa shape index (κ2) is 10.3. The minimum atomic E-state index is -0.353. The van der Waals surface area contributed by atoms with Crippen molar-refractivity contribution in [1.82, 2.24) is 4.90 Å². The number of aromatic hydroxyl groups is 1. The standard InChI is InChI=1S/C27H27FN2O3/c1-2-16-33-27(32)21-7-9-23(10-8-21)30-14-12-29(13-15-30)19-20-6-11-25(26(28)17-20)22-4-3-5-24(31)18-22/h2-11,17-18,31H,1,12-16,19H2. The lowest BCUT2D eigenvalue weighted by atomic mass is 10.0. The van der Waals surface area contributed by atoms with Gasteiger partial charge in [0.25, 0.3) is 0 Å². The number of esters is 1. The number of nitrogens with zero attached hydrogens (tertiary/aromatic N) is 2. The van der Waals surface area contributed by atoms with Gasteiger partial charge >= 0.3 is 5.97 Å². The molecule has 0 unspecified atom stereocenters. The van der Waals surface area contributed by atoms with Crippen molar-refractivity contribution < 1.29 is 19.0 Å². The first-order chi connectivity index (χ1) is 16.0. The number of hydrogen-bond donors (Lipinski definition) is 1. The van der Waals surface area contributed by atoms with Gasteiger partial charge in [-0.3, -0.25) is 4.90 Å². The molecule has 1 aliphatic rings. The Balaban J connectivity index is 1.32. The summed E-state index contributed by atoms with van der Waals surface area (Å²) in [7, 11) is 0. The number of benzene rings is 3. The lowest BCUT2D eigenvalue weighted by Gasteiger charge is -2.36. The van der Waals surface area contributed by atoms with Gasteiger partial charge in [-0.2, -0.15) is 0 Å². The number of phenols is 1. The second-order valence-corrected chi connectivity index (χ2v) is 8.06. The van der Waals surface area contributed by atoms with Crippen molar-refractivity contribution >= 4 is 11.7 Å². The Hall–Kier alpha value is -3.64. The maximum Gasteiger partial charge on any atom is 0.338 e. The van der Waals surface area contributed by atoms with Crippen LogP contribution in [0.15, 0.2) is 79.4 Å². The van der Waals surface area contributed by atoms with Gasteiger partial charge in [-0.1, -0.05) is 36.9 Å². The molecule has 0 aliphatic carbocycles. The Bertz CT molecular complexity index is 1120. The van der Waals surface area contributed by atoms with Gasteiger partial charge in [0.2, 0.25) is 0 Å². The largest absolute Gasteiger partial charge is 0.508 e. The molecule has 0 spiro atoms. The van der Waals surface area contributed by atoms with Crippen LogP contribution in [0, 0.1) is 5.82 Å². The summed E-state index contributed by atoms with van der Waals surface area (Å²) in [6.07, 6.45) is 1.55. The number of anilines is 1. The fourth-order valence-corrected chi connectivity index (χ4v) is 4.01. The highest BCUT2D eigenvalue weighted by atomic mass is 19.1. The predicted molar refractivity (Wildman–Crippen MR) is 128 cm³/mol. The summed E-state index contributed by atoms with van der Waals surface area (Å²) in [5, 5.41) is 9.65. The fraction of sp³-hybridized carbons (Fsp3) is 0.222. The lowest BCUT2D eigenvalue weighted by molar-refractivity contribution is 0.0549. The van der Waals surface area contributed by atoms with E-state index in [0.717, 1.165) is 37.4 Å². The number of rotatable bonds is 7. The first-order valence-electron chi connectivity index (χ1n) is 11.0. The molecule has 1 saturated heterocycles. The molecule has 1 fully saturated rings. The van der Waals surface area contributed by atoms with Crippen molar-refractivity contribution in [3.63, 3.8) is 0 Å². The summed E-state index contributed by atoms with van der Waals surface area (Å²) >= 11 is 0. The molecule has 0 amide bonds. The van der Waals surface area contributed by atoms with Crippen molar-refractivity contribution in [3.05, 3.63) is 96.3 Å². The highest BCUT2D eigenvalue weighted by Crippen LogP contribution is 2.27. The van der Waals surface area contributed by atoms with E-state index in [1.54, 1.807) is 54.6 Å². The van der Waals surface area contributed by atoms with Crippen molar-refractivity contribution in [2.45, 2.75) is 6.54 Å². The van der Waals surface area contributed by atoms with E-state index in [-0.39, 0.29) is 24.1 Å². The number of carbonyl (C=O) groups is 1. The molecule has 5 nitrogen and oxygen atoms in total. The Kier molecular flexibility index (Phi) is 7.05. The van der Waals surface area contributed by atoms with Crippen LogP contribution in [0.5, 0.6) is 5.75 Å². The topological polar surface area (TPSA) is 53.0 Å². The normalized spacial score (nSPS) is 14.2.